The molecule has 0 aliphatic carbocycles. The summed E-state index contributed by atoms with van der Waals surface area (Å²) in [6.07, 6.45) is 0.425. The van der Waals surface area contributed by atoms with Gasteiger partial charge in [-0.3, -0.25) is 4.79 Å². The van der Waals surface area contributed by atoms with Crippen LogP contribution in [0.5, 0.6) is 0 Å². The van der Waals surface area contributed by atoms with Crippen molar-refractivity contribution in [2.75, 3.05) is 12.4 Å². The predicted molar refractivity (Wildman–Crippen MR) is 79.1 cm³/mol. The van der Waals surface area contributed by atoms with Crippen LogP contribution in [0, 0.1) is 0 Å². The summed E-state index contributed by atoms with van der Waals surface area (Å²) in [6, 6.07) is 6.96. The van der Waals surface area contributed by atoms with Gasteiger partial charge in [-0.05, 0) is 12.1 Å². The molecule has 1 aromatic carbocycles. The van der Waals surface area contributed by atoms with Gasteiger partial charge in [-0.25, -0.2) is 9.78 Å². The van der Waals surface area contributed by atoms with Gasteiger partial charge in [0.1, 0.15) is 0 Å². The van der Waals surface area contributed by atoms with Crippen molar-refractivity contribution >= 4 is 34.1 Å². The molecule has 2 rings (SSSR count). The summed E-state index contributed by atoms with van der Waals surface area (Å²) in [5, 5.41) is 14.1. The highest BCUT2D eigenvalue weighted by Gasteiger charge is 2.12. The molecule has 0 unspecified atom stereocenters. The average molecular weight is 306 g/mol. The number of hydrogen-bond acceptors (Lipinski definition) is 6. The number of aromatic nitrogens is 1. The largest absolute Gasteiger partial charge is 0.481 e. The van der Waals surface area contributed by atoms with Crippen LogP contribution < -0.4 is 5.32 Å². The number of carbonyl (C=O) groups excluding carboxylic acids is 1. The number of anilines is 2. The molecule has 6 nitrogen and oxygen atoms in total. The Kier molecular flexibility index (Phi) is 4.89. The molecule has 0 aliphatic rings. The van der Waals surface area contributed by atoms with Gasteiger partial charge in [-0.15, -0.1) is 11.3 Å². The number of nitrogens with zero attached hydrogens (tertiary/aromatic N) is 1. The molecule has 0 spiro atoms. The molecule has 2 aromatic rings. The highest BCUT2D eigenvalue weighted by atomic mass is 32.1. The molecule has 0 fully saturated rings. The first-order valence-corrected chi connectivity index (χ1v) is 7.08. The number of para-hydroxylation sites is 1. The molecule has 21 heavy (non-hydrogen) atoms. The first kappa shape index (κ1) is 15.0. The molecular weight excluding hydrogens is 292 g/mol. The Morgan fingerprint density at radius 1 is 1.38 bits per heavy atom. The monoisotopic (exact) mass is 306 g/mol. The third-order valence-electron chi connectivity index (χ3n) is 2.72. The number of rotatable bonds is 6. The zero-order chi connectivity index (χ0) is 15.2. The third kappa shape index (κ3) is 4.03. The number of nitrogens with one attached hydrogen (secondary N) is 1. The van der Waals surface area contributed by atoms with Crippen LogP contribution in [0.15, 0.2) is 29.6 Å². The van der Waals surface area contributed by atoms with Crippen LogP contribution in [0.25, 0.3) is 0 Å². The second kappa shape index (κ2) is 6.85. The van der Waals surface area contributed by atoms with Crippen LogP contribution in [0.4, 0.5) is 10.8 Å². The molecule has 7 heteroatoms. The van der Waals surface area contributed by atoms with Gasteiger partial charge in [0.05, 0.1) is 30.5 Å². The molecular formula is C14H14N2O4S. The number of benzene rings is 1. The molecule has 0 radical (unpaired) electrons. The molecule has 0 amide bonds. The van der Waals surface area contributed by atoms with Crippen molar-refractivity contribution in [3.8, 4) is 0 Å². The lowest BCUT2D eigenvalue weighted by Gasteiger charge is -2.07. The highest BCUT2D eigenvalue weighted by molar-refractivity contribution is 7.13. The molecule has 110 valence electrons. The Morgan fingerprint density at radius 2 is 2.14 bits per heavy atom. The van der Waals surface area contributed by atoms with Crippen molar-refractivity contribution < 1.29 is 19.4 Å². The van der Waals surface area contributed by atoms with Crippen molar-refractivity contribution in [2.24, 2.45) is 0 Å². The fourth-order valence-electron chi connectivity index (χ4n) is 1.71. The van der Waals surface area contributed by atoms with Gasteiger partial charge in [-0.1, -0.05) is 12.1 Å². The van der Waals surface area contributed by atoms with Gasteiger partial charge >= 0.3 is 11.9 Å². The molecule has 0 bridgehead atoms. The number of carbonyl (C=O) groups is 2. The average Bonchev–Trinajstić information content (AvgIpc) is 2.92. The molecule has 1 aromatic heterocycles. The predicted octanol–water partition coefficient (Wildman–Crippen LogP) is 2.69. The van der Waals surface area contributed by atoms with Crippen LogP contribution in [0.1, 0.15) is 22.5 Å². The van der Waals surface area contributed by atoms with E-state index in [0.29, 0.717) is 28.5 Å². The zero-order valence-electron chi connectivity index (χ0n) is 11.3. The van der Waals surface area contributed by atoms with Gasteiger partial charge in [0.15, 0.2) is 5.13 Å². The van der Waals surface area contributed by atoms with Crippen molar-refractivity contribution in [1.29, 1.82) is 0 Å². The van der Waals surface area contributed by atoms with E-state index in [1.165, 1.54) is 18.4 Å². The Hall–Kier alpha value is -2.41. The Morgan fingerprint density at radius 3 is 2.86 bits per heavy atom. The van der Waals surface area contributed by atoms with E-state index in [9.17, 15) is 9.59 Å². The van der Waals surface area contributed by atoms with E-state index >= 15 is 0 Å². The van der Waals surface area contributed by atoms with E-state index in [1.54, 1.807) is 29.6 Å². The van der Waals surface area contributed by atoms with Gasteiger partial charge in [0, 0.05) is 11.8 Å². The second-order valence-corrected chi connectivity index (χ2v) is 5.06. The molecule has 0 saturated heterocycles. The normalized spacial score (nSPS) is 10.1. The van der Waals surface area contributed by atoms with Gasteiger partial charge in [-0.2, -0.15) is 0 Å². The Labute approximate surface area is 125 Å². The van der Waals surface area contributed by atoms with Crippen LogP contribution in [0.2, 0.25) is 0 Å². The van der Waals surface area contributed by atoms with Crippen LogP contribution >= 0.6 is 11.3 Å². The number of ether oxygens (including phenoxy) is 1. The van der Waals surface area contributed by atoms with Crippen molar-refractivity contribution in [3.05, 3.63) is 40.9 Å². The maximum atomic E-state index is 11.7. The number of thiazole rings is 1. The smallest absolute Gasteiger partial charge is 0.339 e. The summed E-state index contributed by atoms with van der Waals surface area (Å²) in [5.74, 6) is -1.28. The summed E-state index contributed by atoms with van der Waals surface area (Å²) in [5.41, 5.74) is 1.73. The zero-order valence-corrected chi connectivity index (χ0v) is 12.1. The molecule has 0 saturated carbocycles. The summed E-state index contributed by atoms with van der Waals surface area (Å²) < 4.78 is 4.72. The van der Waals surface area contributed by atoms with E-state index in [0.717, 1.165) is 0 Å². The summed E-state index contributed by atoms with van der Waals surface area (Å²) in [7, 11) is 1.33. The maximum absolute atomic E-state index is 11.7. The first-order valence-electron chi connectivity index (χ1n) is 6.20. The third-order valence-corrected chi connectivity index (χ3v) is 3.53. The van der Waals surface area contributed by atoms with Crippen molar-refractivity contribution in [3.63, 3.8) is 0 Å². The van der Waals surface area contributed by atoms with E-state index in [-0.39, 0.29) is 6.42 Å². The van der Waals surface area contributed by atoms with Crippen molar-refractivity contribution in [1.82, 2.24) is 4.98 Å². The molecule has 1 heterocycles. The molecule has 0 atom stereocenters. The minimum absolute atomic E-state index is 0.0436. The van der Waals surface area contributed by atoms with E-state index in [4.69, 9.17) is 9.84 Å². The lowest BCUT2D eigenvalue weighted by Crippen LogP contribution is -2.05. The van der Waals surface area contributed by atoms with E-state index in [1.807, 2.05) is 0 Å². The number of esters is 1. The molecule has 0 aliphatic heterocycles. The number of aryl methyl sites for hydroxylation is 1. The lowest BCUT2D eigenvalue weighted by molar-refractivity contribution is -0.136. The minimum Gasteiger partial charge on any atom is -0.481 e. The standard InChI is InChI=1S/C14H14N2O4S/c1-20-13(19)10-4-2-3-5-11(10)16-14-15-9(8-21-14)6-7-12(17)18/h2-5,8H,6-7H2,1H3,(H,15,16)(H,17,18). The van der Waals surface area contributed by atoms with Gasteiger partial charge in [0.25, 0.3) is 0 Å². The highest BCUT2D eigenvalue weighted by Crippen LogP contribution is 2.24. The summed E-state index contributed by atoms with van der Waals surface area (Å²) in [4.78, 5) is 26.5. The topological polar surface area (TPSA) is 88.5 Å². The number of hydrogen-bond donors (Lipinski definition) is 2. The lowest BCUT2D eigenvalue weighted by atomic mass is 10.2. The Bertz CT molecular complexity index is 654. The number of methoxy groups -OCH3 is 1. The fraction of sp³-hybridized carbons (Fsp3) is 0.214. The van der Waals surface area contributed by atoms with Crippen LogP contribution in [0.3, 0.4) is 0 Å². The maximum Gasteiger partial charge on any atom is 0.339 e. The van der Waals surface area contributed by atoms with Crippen molar-refractivity contribution in [2.45, 2.75) is 12.8 Å². The number of carboxylic acid groups (broad SMARTS) is 1. The van der Waals surface area contributed by atoms with Gasteiger partial charge < -0.3 is 15.2 Å². The summed E-state index contributed by atoms with van der Waals surface area (Å²) in [6.45, 7) is 0. The van der Waals surface area contributed by atoms with Gasteiger partial charge in [0.2, 0.25) is 0 Å². The second-order valence-electron chi connectivity index (χ2n) is 4.20. The summed E-state index contributed by atoms with van der Waals surface area (Å²) >= 11 is 1.36. The Balaban J connectivity index is 2.12. The molecule has 2 N–H and O–H groups in total. The SMILES string of the molecule is COC(=O)c1ccccc1Nc1nc(CCC(=O)O)cs1. The van der Waals surface area contributed by atoms with Crippen LogP contribution in [-0.2, 0) is 16.0 Å². The fourth-order valence-corrected chi connectivity index (χ4v) is 2.47. The quantitative estimate of drug-likeness (QED) is 0.798. The number of aliphatic carboxylic acids is 1. The van der Waals surface area contributed by atoms with E-state index in [2.05, 4.69) is 10.3 Å². The minimum atomic E-state index is -0.853. The first-order chi connectivity index (χ1) is 10.1. The number of carboxylic acids is 1. The van der Waals surface area contributed by atoms with E-state index < -0.39 is 11.9 Å². The van der Waals surface area contributed by atoms with Crippen LogP contribution in [-0.4, -0.2) is 29.1 Å².